The van der Waals surface area contributed by atoms with Crippen LogP contribution in [0.1, 0.15) is 57.2 Å². The van der Waals surface area contributed by atoms with E-state index in [-0.39, 0.29) is 22.8 Å². The monoisotopic (exact) mass is 420 g/mol. The first kappa shape index (κ1) is 22.9. The molecule has 0 heterocycles. The highest BCUT2D eigenvalue weighted by Gasteiger charge is 2.18. The molecule has 5 nitrogen and oxygen atoms in total. The lowest BCUT2D eigenvalue weighted by Gasteiger charge is -2.19. The van der Waals surface area contributed by atoms with Crippen LogP contribution >= 0.6 is 0 Å². The van der Waals surface area contributed by atoms with Gasteiger partial charge in [0.15, 0.2) is 0 Å². The van der Waals surface area contributed by atoms with Crippen LogP contribution in [0.25, 0.3) is 0 Å². The summed E-state index contributed by atoms with van der Waals surface area (Å²) < 4.78 is 39.7. The normalized spacial score (nSPS) is 13.0. The van der Waals surface area contributed by atoms with Gasteiger partial charge < -0.3 is 5.32 Å². The fraction of sp³-hybridized carbons (Fsp3) is 0.409. The van der Waals surface area contributed by atoms with Crippen molar-refractivity contribution in [2.75, 3.05) is 10.5 Å². The molecule has 2 rings (SSSR count). The van der Waals surface area contributed by atoms with E-state index in [1.807, 2.05) is 12.1 Å². The minimum absolute atomic E-state index is 0.0673. The molecule has 0 aromatic heterocycles. The SMILES string of the molecule is CCS(=O)(=O)Nc1ccc(C(C)C(=O)NCc2ccc(C(C)(C)C)cc2)cc1F. The molecule has 0 saturated carbocycles. The van der Waals surface area contributed by atoms with Crippen LogP contribution in [0.4, 0.5) is 10.1 Å². The largest absolute Gasteiger partial charge is 0.352 e. The molecule has 1 unspecified atom stereocenters. The van der Waals surface area contributed by atoms with Gasteiger partial charge in [-0.15, -0.1) is 0 Å². The van der Waals surface area contributed by atoms with E-state index in [4.69, 9.17) is 0 Å². The lowest BCUT2D eigenvalue weighted by atomic mass is 9.87. The molecule has 29 heavy (non-hydrogen) atoms. The molecule has 1 amide bonds. The molecule has 2 aromatic carbocycles. The highest BCUT2D eigenvalue weighted by molar-refractivity contribution is 7.92. The van der Waals surface area contributed by atoms with Gasteiger partial charge in [-0.05, 0) is 48.1 Å². The molecule has 0 aliphatic carbocycles. The van der Waals surface area contributed by atoms with Gasteiger partial charge in [0.2, 0.25) is 15.9 Å². The summed E-state index contributed by atoms with van der Waals surface area (Å²) in [6.45, 7) is 9.96. The summed E-state index contributed by atoms with van der Waals surface area (Å²) in [6.07, 6.45) is 0. The standard InChI is InChI=1S/C22H29FN2O3S/c1-6-29(27,28)25-20-12-9-17(13-19(20)23)15(2)21(26)24-14-16-7-10-18(11-8-16)22(3,4)5/h7-13,15,25H,6,14H2,1-5H3,(H,24,26). The van der Waals surface area contributed by atoms with Crippen molar-refractivity contribution in [1.29, 1.82) is 0 Å². The molecule has 0 radical (unpaired) electrons. The Balaban J connectivity index is 2.02. The Labute approximate surface area is 172 Å². The number of anilines is 1. The first-order chi connectivity index (χ1) is 13.4. The number of halogens is 1. The van der Waals surface area contributed by atoms with E-state index in [1.165, 1.54) is 24.6 Å². The number of amides is 1. The van der Waals surface area contributed by atoms with Gasteiger partial charge in [0.1, 0.15) is 5.82 Å². The summed E-state index contributed by atoms with van der Waals surface area (Å²) in [5.74, 6) is -1.66. The molecular formula is C22H29FN2O3S. The number of benzene rings is 2. The maximum absolute atomic E-state index is 14.3. The maximum Gasteiger partial charge on any atom is 0.232 e. The number of rotatable bonds is 7. The fourth-order valence-electron chi connectivity index (χ4n) is 2.74. The lowest BCUT2D eigenvalue weighted by molar-refractivity contribution is -0.122. The summed E-state index contributed by atoms with van der Waals surface area (Å²) in [5, 5.41) is 2.86. The van der Waals surface area contributed by atoms with Crippen molar-refractivity contribution in [3.8, 4) is 0 Å². The van der Waals surface area contributed by atoms with Gasteiger partial charge >= 0.3 is 0 Å². The second kappa shape index (κ2) is 8.95. The smallest absolute Gasteiger partial charge is 0.232 e. The quantitative estimate of drug-likeness (QED) is 0.701. The topological polar surface area (TPSA) is 75.3 Å². The Morgan fingerprint density at radius 1 is 1.10 bits per heavy atom. The van der Waals surface area contributed by atoms with E-state index in [9.17, 15) is 17.6 Å². The van der Waals surface area contributed by atoms with E-state index >= 15 is 0 Å². The molecule has 0 aliphatic rings. The Kier molecular flexibility index (Phi) is 7.06. The number of carbonyl (C=O) groups excluding carboxylic acids is 1. The van der Waals surface area contributed by atoms with Gasteiger partial charge in [0.05, 0.1) is 17.4 Å². The van der Waals surface area contributed by atoms with Crippen molar-refractivity contribution in [1.82, 2.24) is 5.32 Å². The molecule has 0 fully saturated rings. The van der Waals surface area contributed by atoms with Gasteiger partial charge in [0, 0.05) is 6.54 Å². The zero-order valence-corrected chi connectivity index (χ0v) is 18.4. The zero-order chi connectivity index (χ0) is 21.8. The molecule has 0 aliphatic heterocycles. The summed E-state index contributed by atoms with van der Waals surface area (Å²) in [7, 11) is -3.57. The number of hydrogen-bond donors (Lipinski definition) is 2. The lowest BCUT2D eigenvalue weighted by Crippen LogP contribution is -2.27. The molecule has 158 valence electrons. The van der Waals surface area contributed by atoms with Crippen molar-refractivity contribution in [3.05, 3.63) is 65.0 Å². The number of carbonyl (C=O) groups is 1. The van der Waals surface area contributed by atoms with Crippen LogP contribution in [-0.4, -0.2) is 20.1 Å². The highest BCUT2D eigenvalue weighted by Crippen LogP contribution is 2.24. The van der Waals surface area contributed by atoms with Gasteiger partial charge in [-0.25, -0.2) is 12.8 Å². The maximum atomic E-state index is 14.3. The Morgan fingerprint density at radius 2 is 1.72 bits per heavy atom. The summed E-state index contributed by atoms with van der Waals surface area (Å²) in [4.78, 5) is 12.5. The summed E-state index contributed by atoms with van der Waals surface area (Å²) >= 11 is 0. The van der Waals surface area contributed by atoms with Gasteiger partial charge in [-0.1, -0.05) is 51.1 Å². The second-order valence-electron chi connectivity index (χ2n) is 8.13. The third-order valence-electron chi connectivity index (χ3n) is 4.82. The van der Waals surface area contributed by atoms with Crippen molar-refractivity contribution in [3.63, 3.8) is 0 Å². The van der Waals surface area contributed by atoms with Crippen molar-refractivity contribution < 1.29 is 17.6 Å². The van der Waals surface area contributed by atoms with E-state index in [2.05, 4.69) is 42.9 Å². The number of sulfonamides is 1. The molecular weight excluding hydrogens is 391 g/mol. The van der Waals surface area contributed by atoms with Crippen molar-refractivity contribution in [2.24, 2.45) is 0 Å². The molecule has 2 N–H and O–H groups in total. The van der Waals surface area contributed by atoms with E-state index < -0.39 is 21.8 Å². The van der Waals surface area contributed by atoms with E-state index in [0.717, 1.165) is 5.56 Å². The summed E-state index contributed by atoms with van der Waals surface area (Å²) in [5.41, 5.74) is 2.62. The Hall–Kier alpha value is -2.41. The Bertz CT molecular complexity index is 965. The van der Waals surface area contributed by atoms with Crippen LogP contribution in [0.5, 0.6) is 0 Å². The molecule has 7 heteroatoms. The zero-order valence-electron chi connectivity index (χ0n) is 17.5. The Morgan fingerprint density at radius 3 is 2.24 bits per heavy atom. The average Bonchev–Trinajstić information content (AvgIpc) is 2.66. The van der Waals surface area contributed by atoms with Crippen LogP contribution < -0.4 is 10.0 Å². The minimum atomic E-state index is -3.57. The van der Waals surface area contributed by atoms with Crippen LogP contribution in [-0.2, 0) is 26.8 Å². The minimum Gasteiger partial charge on any atom is -0.352 e. The summed E-state index contributed by atoms with van der Waals surface area (Å²) in [6, 6.07) is 12.2. The average molecular weight is 421 g/mol. The predicted molar refractivity (Wildman–Crippen MR) is 115 cm³/mol. The number of hydrogen-bond acceptors (Lipinski definition) is 3. The van der Waals surface area contributed by atoms with E-state index in [0.29, 0.717) is 12.1 Å². The van der Waals surface area contributed by atoms with Gasteiger partial charge in [0.25, 0.3) is 0 Å². The predicted octanol–water partition coefficient (Wildman–Crippen LogP) is 4.30. The van der Waals surface area contributed by atoms with Crippen LogP contribution in [0.2, 0.25) is 0 Å². The molecule has 0 saturated heterocycles. The molecule has 2 aromatic rings. The molecule has 1 atom stereocenters. The number of nitrogens with one attached hydrogen (secondary N) is 2. The van der Waals surface area contributed by atoms with Crippen molar-refractivity contribution >= 4 is 21.6 Å². The van der Waals surface area contributed by atoms with E-state index in [1.54, 1.807) is 13.0 Å². The first-order valence-electron chi connectivity index (χ1n) is 9.60. The second-order valence-corrected chi connectivity index (χ2v) is 10.1. The van der Waals surface area contributed by atoms with Crippen LogP contribution in [0.3, 0.4) is 0 Å². The molecule has 0 spiro atoms. The first-order valence-corrected chi connectivity index (χ1v) is 11.2. The van der Waals surface area contributed by atoms with Crippen molar-refractivity contribution in [2.45, 2.75) is 52.5 Å². The molecule has 0 bridgehead atoms. The third-order valence-corrected chi connectivity index (χ3v) is 6.11. The van der Waals surface area contributed by atoms with Crippen LogP contribution in [0, 0.1) is 5.82 Å². The third kappa shape index (κ3) is 6.29. The van der Waals surface area contributed by atoms with Gasteiger partial charge in [-0.2, -0.15) is 0 Å². The highest BCUT2D eigenvalue weighted by atomic mass is 32.2. The van der Waals surface area contributed by atoms with Gasteiger partial charge in [-0.3, -0.25) is 9.52 Å². The fourth-order valence-corrected chi connectivity index (χ4v) is 3.38. The van der Waals surface area contributed by atoms with Crippen LogP contribution in [0.15, 0.2) is 42.5 Å².